The van der Waals surface area contributed by atoms with Gasteiger partial charge in [-0.15, -0.1) is 0 Å². The van der Waals surface area contributed by atoms with Crippen molar-refractivity contribution in [3.63, 3.8) is 0 Å². The number of amides is 1. The molecule has 0 fully saturated rings. The van der Waals surface area contributed by atoms with Crippen LogP contribution in [0.25, 0.3) is 11.3 Å². The second-order valence-corrected chi connectivity index (χ2v) is 13.8. The first kappa shape index (κ1) is 23.5. The summed E-state index contributed by atoms with van der Waals surface area (Å²) in [5.41, 5.74) is 0.843. The number of H-pyrrole nitrogens is 1. The maximum absolute atomic E-state index is 12.5. The van der Waals surface area contributed by atoms with Crippen molar-refractivity contribution in [3.8, 4) is 11.3 Å². The van der Waals surface area contributed by atoms with E-state index in [-0.39, 0.29) is 6.61 Å². The Kier molecular flexibility index (Phi) is 7.28. The molecule has 0 spiro atoms. The first-order valence-electron chi connectivity index (χ1n) is 9.28. The highest BCUT2D eigenvalue weighted by molar-refractivity contribution is 8.11. The van der Waals surface area contributed by atoms with E-state index >= 15 is 0 Å². The van der Waals surface area contributed by atoms with Gasteiger partial charge in [-0.05, 0) is 46.6 Å². The molecule has 29 heavy (non-hydrogen) atoms. The number of benzene rings is 1. The lowest BCUT2D eigenvalue weighted by Crippen LogP contribution is -2.53. The minimum Gasteiger partial charge on any atom is -0.444 e. The Morgan fingerprint density at radius 1 is 1.28 bits per heavy atom. The predicted octanol–water partition coefficient (Wildman–Crippen LogP) is 3.77. The lowest BCUT2D eigenvalue weighted by molar-refractivity contribution is 0.0306. The molecule has 3 N–H and O–H groups in total. The fourth-order valence-corrected chi connectivity index (χ4v) is 3.22. The minimum atomic E-state index is -2.05. The van der Waals surface area contributed by atoms with Crippen LogP contribution in [-0.2, 0) is 26.6 Å². The molecular formula is C20H30N3O4PS. The van der Waals surface area contributed by atoms with Gasteiger partial charge < -0.3 is 24.7 Å². The SMILES string of the molecule is Cc1ccc(-c2cnc(C(CO)(COP(C)(C)=S)NC(=O)OC(C)(C)C)[nH]2)cc1. The molecule has 1 heterocycles. The number of nitrogens with zero attached hydrogens (tertiary/aromatic N) is 1. The van der Waals surface area contributed by atoms with E-state index in [1.165, 1.54) is 0 Å². The molecular weight excluding hydrogens is 409 g/mol. The van der Waals surface area contributed by atoms with Crippen LogP contribution >= 0.6 is 6.26 Å². The molecule has 2 aromatic rings. The number of ether oxygens (including phenoxy) is 1. The van der Waals surface area contributed by atoms with E-state index in [0.717, 1.165) is 16.8 Å². The molecule has 0 radical (unpaired) electrons. The molecule has 1 amide bonds. The van der Waals surface area contributed by atoms with Gasteiger partial charge in [0, 0.05) is 0 Å². The summed E-state index contributed by atoms with van der Waals surface area (Å²) in [6, 6.07) is 7.95. The van der Waals surface area contributed by atoms with E-state index in [0.29, 0.717) is 5.82 Å². The van der Waals surface area contributed by atoms with Crippen LogP contribution in [0.5, 0.6) is 0 Å². The van der Waals surface area contributed by atoms with Crippen molar-refractivity contribution in [3.05, 3.63) is 41.9 Å². The number of rotatable bonds is 7. The molecule has 160 valence electrons. The quantitative estimate of drug-likeness (QED) is 0.569. The smallest absolute Gasteiger partial charge is 0.408 e. The first-order chi connectivity index (χ1) is 13.3. The fourth-order valence-electron chi connectivity index (χ4n) is 2.53. The van der Waals surface area contributed by atoms with Gasteiger partial charge >= 0.3 is 6.09 Å². The van der Waals surface area contributed by atoms with Crippen LogP contribution in [0, 0.1) is 6.92 Å². The Bertz CT molecular complexity index is 886. The molecule has 0 saturated heterocycles. The number of nitrogens with one attached hydrogen (secondary N) is 2. The molecule has 0 bridgehead atoms. The van der Waals surface area contributed by atoms with Crippen LogP contribution in [0.4, 0.5) is 4.79 Å². The summed E-state index contributed by atoms with van der Waals surface area (Å²) in [5.74, 6) is 0.366. The number of aryl methyl sites for hydroxylation is 1. The van der Waals surface area contributed by atoms with Crippen molar-refractivity contribution >= 4 is 24.2 Å². The fraction of sp³-hybridized carbons (Fsp3) is 0.500. The summed E-state index contributed by atoms with van der Waals surface area (Å²) in [4.78, 5) is 20.1. The molecule has 1 unspecified atom stereocenters. The van der Waals surface area contributed by atoms with Gasteiger partial charge in [-0.3, -0.25) is 0 Å². The normalized spacial score (nSPS) is 14.3. The molecule has 2 rings (SSSR count). The van der Waals surface area contributed by atoms with Crippen LogP contribution in [-0.4, -0.2) is 53.3 Å². The molecule has 1 aromatic heterocycles. The van der Waals surface area contributed by atoms with E-state index < -0.39 is 30.1 Å². The van der Waals surface area contributed by atoms with Crippen molar-refractivity contribution in [2.45, 2.75) is 38.8 Å². The van der Waals surface area contributed by atoms with E-state index in [4.69, 9.17) is 21.1 Å². The van der Waals surface area contributed by atoms with Gasteiger partial charge in [0.2, 0.25) is 0 Å². The zero-order valence-electron chi connectivity index (χ0n) is 17.8. The van der Waals surface area contributed by atoms with E-state index in [1.807, 2.05) is 44.5 Å². The number of aliphatic hydroxyl groups excluding tert-OH is 1. The van der Waals surface area contributed by atoms with Crippen molar-refractivity contribution < 1.29 is 19.2 Å². The summed E-state index contributed by atoms with van der Waals surface area (Å²) in [6.07, 6.45) is -1.06. The van der Waals surface area contributed by atoms with E-state index in [2.05, 4.69) is 15.3 Å². The summed E-state index contributed by atoms with van der Waals surface area (Å²) < 4.78 is 11.2. The summed E-state index contributed by atoms with van der Waals surface area (Å²) in [6.45, 7) is 10.5. The Hall–Kier alpha value is -1.73. The number of carbonyl (C=O) groups is 1. The number of aromatic nitrogens is 2. The highest BCUT2D eigenvalue weighted by Crippen LogP contribution is 2.40. The van der Waals surface area contributed by atoms with Crippen LogP contribution in [0.15, 0.2) is 30.5 Å². The largest absolute Gasteiger partial charge is 0.444 e. The Morgan fingerprint density at radius 2 is 1.90 bits per heavy atom. The molecule has 7 nitrogen and oxygen atoms in total. The zero-order valence-corrected chi connectivity index (χ0v) is 19.5. The molecule has 1 aromatic carbocycles. The van der Waals surface area contributed by atoms with Crippen LogP contribution in [0.3, 0.4) is 0 Å². The lowest BCUT2D eigenvalue weighted by atomic mass is 10.0. The molecule has 1 atom stereocenters. The van der Waals surface area contributed by atoms with Gasteiger partial charge in [-0.1, -0.05) is 41.6 Å². The minimum absolute atomic E-state index is 0.0339. The van der Waals surface area contributed by atoms with E-state index in [1.54, 1.807) is 27.0 Å². The van der Waals surface area contributed by atoms with Crippen molar-refractivity contribution in [1.82, 2.24) is 15.3 Å². The van der Waals surface area contributed by atoms with Gasteiger partial charge in [-0.2, -0.15) is 0 Å². The summed E-state index contributed by atoms with van der Waals surface area (Å²) >= 11 is 5.38. The van der Waals surface area contributed by atoms with Gasteiger partial charge in [0.25, 0.3) is 0 Å². The van der Waals surface area contributed by atoms with Crippen LogP contribution < -0.4 is 5.32 Å². The van der Waals surface area contributed by atoms with Crippen molar-refractivity contribution in [2.75, 3.05) is 26.5 Å². The second kappa shape index (κ2) is 8.96. The molecule has 0 aliphatic carbocycles. The highest BCUT2D eigenvalue weighted by atomic mass is 32.4. The summed E-state index contributed by atoms with van der Waals surface area (Å²) in [5, 5.41) is 13.0. The molecule has 9 heteroatoms. The number of alkyl carbamates (subject to hydrolysis) is 1. The molecule has 0 aliphatic heterocycles. The topological polar surface area (TPSA) is 96.5 Å². The van der Waals surface area contributed by atoms with Gasteiger partial charge in [0.1, 0.15) is 17.0 Å². The number of imidazole rings is 1. The van der Waals surface area contributed by atoms with Crippen molar-refractivity contribution in [2.24, 2.45) is 0 Å². The van der Waals surface area contributed by atoms with E-state index in [9.17, 15) is 9.90 Å². The maximum atomic E-state index is 12.5. The average Bonchev–Trinajstić information content (AvgIpc) is 3.07. The van der Waals surface area contributed by atoms with Gasteiger partial charge in [0.05, 0.1) is 31.4 Å². The third-order valence-corrected chi connectivity index (χ3v) is 5.09. The van der Waals surface area contributed by atoms with Gasteiger partial charge in [0.15, 0.2) is 0 Å². The standard InChI is InChI=1S/C20H30N3O4PS/c1-14-7-9-15(10-8-14)16-11-21-17(22-16)20(12-24,13-26-28(5,6)29)23-18(25)27-19(2,3)4/h7-11,24H,12-13H2,1-6H3,(H,21,22)(H,23,25). The summed E-state index contributed by atoms with van der Waals surface area (Å²) in [7, 11) is 0. The molecule has 0 saturated carbocycles. The number of hydrogen-bond acceptors (Lipinski definition) is 6. The number of carbonyl (C=O) groups excluding carboxylic acids is 1. The first-order valence-corrected chi connectivity index (χ1v) is 12.9. The lowest BCUT2D eigenvalue weighted by Gasteiger charge is -2.33. The van der Waals surface area contributed by atoms with Crippen LogP contribution in [0.2, 0.25) is 0 Å². The number of aromatic amines is 1. The van der Waals surface area contributed by atoms with Gasteiger partial charge in [-0.25, -0.2) is 9.78 Å². The average molecular weight is 440 g/mol. The molecule has 0 aliphatic rings. The zero-order chi connectivity index (χ0) is 21.9. The maximum Gasteiger partial charge on any atom is 0.408 e. The van der Waals surface area contributed by atoms with Crippen LogP contribution in [0.1, 0.15) is 32.2 Å². The Morgan fingerprint density at radius 3 is 2.41 bits per heavy atom. The highest BCUT2D eigenvalue weighted by Gasteiger charge is 2.39. The second-order valence-electron chi connectivity index (χ2n) is 8.40. The number of aliphatic hydroxyl groups is 1. The predicted molar refractivity (Wildman–Crippen MR) is 119 cm³/mol. The Labute approximate surface area is 177 Å². The third kappa shape index (κ3) is 6.93. The Balaban J connectivity index is 2.39. The van der Waals surface area contributed by atoms with Crippen molar-refractivity contribution in [1.29, 1.82) is 0 Å². The monoisotopic (exact) mass is 439 g/mol. The third-order valence-electron chi connectivity index (χ3n) is 4.02. The number of hydrogen-bond donors (Lipinski definition) is 3.